The molecule has 1 atom stereocenters. The van der Waals surface area contributed by atoms with Gasteiger partial charge in [0.2, 0.25) is 17.8 Å². The molecule has 3 heterocycles. The zero-order chi connectivity index (χ0) is 22.2. The van der Waals surface area contributed by atoms with E-state index in [9.17, 15) is 22.8 Å². The Morgan fingerprint density at radius 2 is 2.00 bits per heavy atom. The van der Waals surface area contributed by atoms with Gasteiger partial charge in [-0.25, -0.2) is 0 Å². The predicted octanol–water partition coefficient (Wildman–Crippen LogP) is 1.98. The largest absolute Gasteiger partial charge is 0.416 e. The molecule has 1 aromatic heterocycles. The Morgan fingerprint density at radius 3 is 2.71 bits per heavy atom. The molecule has 2 aliphatic rings. The number of halogens is 3. The van der Waals surface area contributed by atoms with Crippen LogP contribution >= 0.6 is 0 Å². The topological polar surface area (TPSA) is 122 Å². The molecule has 0 aliphatic carbocycles. The number of nitrogens with one attached hydrogen (secondary N) is 2. The lowest BCUT2D eigenvalue weighted by Crippen LogP contribution is -2.38. The van der Waals surface area contributed by atoms with Crippen molar-refractivity contribution in [3.8, 4) is 0 Å². The number of alkyl halides is 3. The van der Waals surface area contributed by atoms with Crippen molar-refractivity contribution in [3.63, 3.8) is 0 Å². The second-order valence-corrected chi connectivity index (χ2v) is 7.14. The van der Waals surface area contributed by atoms with Crippen molar-refractivity contribution in [1.29, 1.82) is 0 Å². The molecule has 0 unspecified atom stereocenters. The van der Waals surface area contributed by atoms with Crippen LogP contribution in [-0.2, 0) is 20.5 Å². The van der Waals surface area contributed by atoms with Gasteiger partial charge in [-0.05, 0) is 18.2 Å². The molecule has 4 rings (SSSR count). The summed E-state index contributed by atoms with van der Waals surface area (Å²) < 4.78 is 44.1. The molecule has 12 heteroatoms. The molecule has 1 aromatic carbocycles. The number of benzene rings is 1. The molecule has 9 nitrogen and oxygen atoms in total. The summed E-state index contributed by atoms with van der Waals surface area (Å²) in [5.41, 5.74) is 5.40. The standard InChI is InChI=1S/C19H19F3N6O3/c20-19(21,22)10-2-1-3-11(8-10)24-17(30)12-9-13(29)25-16-14(12)15(23)26-18(27-16)28-4-6-31-7-5-28/h1-3,8,12H,4-7,9H2,(H,24,30)(H3,23,25,26,27,29)/t12-/m0/s1. The summed E-state index contributed by atoms with van der Waals surface area (Å²) in [4.78, 5) is 35.5. The smallest absolute Gasteiger partial charge is 0.383 e. The molecule has 1 saturated heterocycles. The summed E-state index contributed by atoms with van der Waals surface area (Å²) >= 11 is 0. The van der Waals surface area contributed by atoms with E-state index >= 15 is 0 Å². The Balaban J connectivity index is 1.62. The predicted molar refractivity (Wildman–Crippen MR) is 106 cm³/mol. The summed E-state index contributed by atoms with van der Waals surface area (Å²) in [5, 5.41) is 5.03. The Bertz CT molecular complexity index is 1020. The number of nitrogens with zero attached hydrogens (tertiary/aromatic N) is 3. The lowest BCUT2D eigenvalue weighted by molar-refractivity contribution is -0.137. The molecule has 0 saturated carbocycles. The van der Waals surface area contributed by atoms with Crippen LogP contribution in [-0.4, -0.2) is 48.1 Å². The van der Waals surface area contributed by atoms with Gasteiger partial charge in [-0.15, -0.1) is 0 Å². The Hall–Kier alpha value is -3.41. The van der Waals surface area contributed by atoms with E-state index in [0.717, 1.165) is 12.1 Å². The molecule has 2 amide bonds. The highest BCUT2D eigenvalue weighted by molar-refractivity contribution is 6.05. The van der Waals surface area contributed by atoms with Crippen molar-refractivity contribution >= 4 is 35.1 Å². The SMILES string of the molecule is Nc1nc(N2CCOCC2)nc2c1[C@@H](C(=O)Nc1cccc(C(F)(F)F)c1)CC(=O)N2. The highest BCUT2D eigenvalue weighted by Crippen LogP contribution is 2.37. The number of carbonyl (C=O) groups is 2. The third kappa shape index (κ3) is 4.38. The number of anilines is 4. The minimum Gasteiger partial charge on any atom is -0.383 e. The lowest BCUT2D eigenvalue weighted by Gasteiger charge is -2.30. The van der Waals surface area contributed by atoms with Gasteiger partial charge in [0.1, 0.15) is 11.6 Å². The first-order chi connectivity index (χ1) is 14.7. The Morgan fingerprint density at radius 1 is 1.26 bits per heavy atom. The summed E-state index contributed by atoms with van der Waals surface area (Å²) in [7, 11) is 0. The van der Waals surface area contributed by atoms with Gasteiger partial charge in [0, 0.05) is 25.2 Å². The van der Waals surface area contributed by atoms with Crippen molar-refractivity contribution < 1.29 is 27.5 Å². The third-order valence-electron chi connectivity index (χ3n) is 5.03. The number of fused-ring (bicyclic) bond motifs is 1. The van der Waals surface area contributed by atoms with Crippen LogP contribution in [0.5, 0.6) is 0 Å². The molecule has 2 aromatic rings. The van der Waals surface area contributed by atoms with E-state index in [1.165, 1.54) is 12.1 Å². The monoisotopic (exact) mass is 436 g/mol. The van der Waals surface area contributed by atoms with E-state index in [4.69, 9.17) is 10.5 Å². The number of amides is 2. The van der Waals surface area contributed by atoms with Crippen molar-refractivity contribution in [2.45, 2.75) is 18.5 Å². The maximum atomic E-state index is 12.9. The van der Waals surface area contributed by atoms with Gasteiger partial charge in [-0.2, -0.15) is 23.1 Å². The van der Waals surface area contributed by atoms with Crippen molar-refractivity contribution in [1.82, 2.24) is 9.97 Å². The first-order valence-corrected chi connectivity index (χ1v) is 9.50. The number of hydrogen-bond donors (Lipinski definition) is 3. The van der Waals surface area contributed by atoms with Crippen LogP contribution in [0.25, 0.3) is 0 Å². The van der Waals surface area contributed by atoms with Crippen LogP contribution in [0.1, 0.15) is 23.5 Å². The number of aromatic nitrogens is 2. The number of hydrogen-bond acceptors (Lipinski definition) is 7. The highest BCUT2D eigenvalue weighted by Gasteiger charge is 2.36. The van der Waals surface area contributed by atoms with E-state index < -0.39 is 29.5 Å². The number of carbonyl (C=O) groups excluding carboxylic acids is 2. The highest BCUT2D eigenvalue weighted by atomic mass is 19.4. The summed E-state index contributed by atoms with van der Waals surface area (Å²) in [6, 6.07) is 4.24. The van der Waals surface area contributed by atoms with Gasteiger partial charge >= 0.3 is 6.18 Å². The van der Waals surface area contributed by atoms with Gasteiger partial charge in [-0.3, -0.25) is 9.59 Å². The molecule has 164 valence electrons. The summed E-state index contributed by atoms with van der Waals surface area (Å²) in [6.45, 7) is 2.08. The minimum atomic E-state index is -4.55. The normalized spacial score (nSPS) is 18.9. The van der Waals surface area contributed by atoms with Gasteiger partial charge in [-0.1, -0.05) is 6.07 Å². The molecule has 1 fully saturated rings. The Labute approximate surface area is 174 Å². The van der Waals surface area contributed by atoms with Gasteiger partial charge in [0.15, 0.2) is 0 Å². The second-order valence-electron chi connectivity index (χ2n) is 7.14. The fourth-order valence-electron chi connectivity index (χ4n) is 3.52. The number of nitrogen functional groups attached to an aromatic ring is 1. The molecular formula is C19H19F3N6O3. The van der Waals surface area contributed by atoms with Gasteiger partial charge < -0.3 is 26.0 Å². The summed E-state index contributed by atoms with van der Waals surface area (Å²) in [6.07, 6.45) is -4.78. The molecule has 2 aliphatic heterocycles. The maximum Gasteiger partial charge on any atom is 0.416 e. The van der Waals surface area contributed by atoms with E-state index in [0.29, 0.717) is 32.3 Å². The molecule has 31 heavy (non-hydrogen) atoms. The van der Waals surface area contributed by atoms with Crippen LogP contribution < -0.4 is 21.3 Å². The van der Waals surface area contributed by atoms with E-state index in [-0.39, 0.29) is 29.3 Å². The maximum absolute atomic E-state index is 12.9. The first kappa shape index (κ1) is 20.8. The minimum absolute atomic E-state index is 0.0238. The summed E-state index contributed by atoms with van der Waals surface area (Å²) in [5.74, 6) is -1.73. The lowest BCUT2D eigenvalue weighted by atomic mass is 9.91. The van der Waals surface area contributed by atoms with E-state index in [1.54, 1.807) is 0 Å². The van der Waals surface area contributed by atoms with Crippen LogP contribution in [0.2, 0.25) is 0 Å². The van der Waals surface area contributed by atoms with Crippen LogP contribution in [0.3, 0.4) is 0 Å². The van der Waals surface area contributed by atoms with Crippen LogP contribution in [0.4, 0.5) is 36.4 Å². The zero-order valence-corrected chi connectivity index (χ0v) is 16.2. The quantitative estimate of drug-likeness (QED) is 0.672. The zero-order valence-electron chi connectivity index (χ0n) is 16.2. The fraction of sp³-hybridized carbons (Fsp3) is 0.368. The van der Waals surface area contributed by atoms with Crippen LogP contribution in [0, 0.1) is 0 Å². The average Bonchev–Trinajstić information content (AvgIpc) is 2.73. The number of morpholine rings is 1. The van der Waals surface area contributed by atoms with E-state index in [1.807, 2.05) is 4.90 Å². The number of ether oxygens (including phenoxy) is 1. The Kier molecular flexibility index (Phi) is 5.39. The van der Waals surface area contributed by atoms with Crippen molar-refractivity contribution in [3.05, 3.63) is 35.4 Å². The van der Waals surface area contributed by atoms with Crippen LogP contribution in [0.15, 0.2) is 24.3 Å². The molecule has 0 radical (unpaired) electrons. The van der Waals surface area contributed by atoms with Gasteiger partial charge in [0.05, 0.1) is 30.3 Å². The fourth-order valence-corrected chi connectivity index (χ4v) is 3.52. The molecule has 0 spiro atoms. The molecule has 4 N–H and O–H groups in total. The van der Waals surface area contributed by atoms with E-state index in [2.05, 4.69) is 20.6 Å². The van der Waals surface area contributed by atoms with Gasteiger partial charge in [0.25, 0.3) is 0 Å². The molecular weight excluding hydrogens is 417 g/mol. The van der Waals surface area contributed by atoms with Crippen molar-refractivity contribution in [2.75, 3.05) is 47.6 Å². The molecule has 0 bridgehead atoms. The first-order valence-electron chi connectivity index (χ1n) is 9.50. The van der Waals surface area contributed by atoms with Crippen molar-refractivity contribution in [2.24, 2.45) is 0 Å². The average molecular weight is 436 g/mol. The number of rotatable bonds is 3. The third-order valence-corrected chi connectivity index (χ3v) is 5.03. The second kappa shape index (κ2) is 8.02. The number of nitrogens with two attached hydrogens (primary N) is 1.